The van der Waals surface area contributed by atoms with Gasteiger partial charge in [0.15, 0.2) is 0 Å². The van der Waals surface area contributed by atoms with E-state index in [9.17, 15) is 0 Å². The Kier molecular flexibility index (Phi) is 35.4. The van der Waals surface area contributed by atoms with Crippen LogP contribution in [0.5, 0.6) is 0 Å². The van der Waals surface area contributed by atoms with E-state index in [1.807, 2.05) is 0 Å². The van der Waals surface area contributed by atoms with E-state index in [-0.39, 0.29) is 0 Å². The third-order valence-electron chi connectivity index (χ3n) is 29.1. The normalized spacial score (nSPS) is 36.4. The molecular formula is C90H180. The van der Waals surface area contributed by atoms with Gasteiger partial charge in [0.1, 0.15) is 0 Å². The monoisotopic (exact) mass is 1260 g/mol. The standard InChI is InChI=1S/9C10H20/c1-8-5-9(2)7-10(3,4)6-8;1-9(2)5-7-10(3,4)8-6-9;1-8-5-6-10(3,4)7-9(8)2;1-8-5-6-10(3,4)9(2)7-8;1-8-5-6-9(2)10(3,4)7-8;1-9(2)6-5-7-10(3,4)8-9;1-9(2)7-5-6-8-10(9,3)4;1-8-6-5-7-10(3,4)9(8)2;1-8-6-5-7-9(2)10(8,3)4/h8-9H,5-7H2,1-4H3;5-8H2,1-4H3;3*8-9H,5-7H2,1-4H3;2*5-8H2,1-4H3;2*8-9H,5-7H2,1-4H3. The molecule has 0 nitrogen and oxygen atoms in total. The van der Waals surface area contributed by atoms with Crippen LogP contribution in [0.15, 0.2) is 0 Å². The average Bonchev–Trinajstić information content (AvgIpc) is 1.88. The minimum atomic E-state index is 0.575. The van der Waals surface area contributed by atoms with E-state index in [1.165, 1.54) is 193 Å². The molecule has 0 aliphatic heterocycles. The van der Waals surface area contributed by atoms with Gasteiger partial charge in [-0.05, 0) is 264 Å². The third-order valence-corrected chi connectivity index (χ3v) is 29.1. The molecule has 12 unspecified atom stereocenters. The Morgan fingerprint density at radius 3 is 0.989 bits per heavy atom. The molecule has 0 radical (unpaired) electrons. The summed E-state index contributed by atoms with van der Waals surface area (Å²) in [6.45, 7) is 86.4. The second kappa shape index (κ2) is 36.2. The van der Waals surface area contributed by atoms with Crippen LogP contribution in [0.2, 0.25) is 0 Å². The molecule has 9 saturated carbocycles. The Bertz CT molecular complexity index is 1820. The van der Waals surface area contributed by atoms with Gasteiger partial charge in [0.25, 0.3) is 0 Å². The molecule has 9 rings (SSSR count). The van der Waals surface area contributed by atoms with Gasteiger partial charge in [0.05, 0.1) is 0 Å². The van der Waals surface area contributed by atoms with Crippen LogP contribution in [0.3, 0.4) is 0 Å². The summed E-state index contributed by atoms with van der Waals surface area (Å²) in [6, 6.07) is 0. The Morgan fingerprint density at radius 1 is 0.222 bits per heavy atom. The summed E-state index contributed by atoms with van der Waals surface area (Å²) in [5.74, 6) is 11.3. The fourth-order valence-corrected chi connectivity index (χ4v) is 19.0. The molecule has 0 N–H and O–H groups in total. The molecule has 0 spiro atoms. The van der Waals surface area contributed by atoms with E-state index in [4.69, 9.17) is 0 Å². The van der Waals surface area contributed by atoms with Gasteiger partial charge in [-0.25, -0.2) is 0 Å². The fourth-order valence-electron chi connectivity index (χ4n) is 19.0. The van der Waals surface area contributed by atoms with Gasteiger partial charge in [-0.15, -0.1) is 0 Å². The molecule has 90 heavy (non-hydrogen) atoms. The van der Waals surface area contributed by atoms with Crippen LogP contribution < -0.4 is 0 Å². The highest BCUT2D eigenvalue weighted by molar-refractivity contribution is 4.91. The highest BCUT2D eigenvalue weighted by atomic mass is 14.5. The summed E-state index contributed by atoms with van der Waals surface area (Å²) < 4.78 is 0. The summed E-state index contributed by atoms with van der Waals surface area (Å²) in [5.41, 5.74) is 7.33. The Hall–Kier alpha value is 0. The second-order valence-corrected chi connectivity index (χ2v) is 44.3. The molecule has 9 fully saturated rings. The molecule has 0 aromatic rings. The van der Waals surface area contributed by atoms with Crippen molar-refractivity contribution in [3.63, 3.8) is 0 Å². The maximum atomic E-state index is 2.42. The molecular weight excluding hydrogens is 1080 g/mol. The first-order chi connectivity index (χ1) is 40.4. The molecule has 0 amide bonds. The lowest BCUT2D eigenvalue weighted by Gasteiger charge is -2.45. The fraction of sp³-hybridized carbons (Fsp3) is 1.00. The van der Waals surface area contributed by atoms with Gasteiger partial charge in [0, 0.05) is 0 Å². The van der Waals surface area contributed by atoms with Gasteiger partial charge in [0.2, 0.25) is 0 Å². The molecule has 9 aliphatic rings. The van der Waals surface area contributed by atoms with Crippen molar-refractivity contribution < 1.29 is 0 Å². The lowest BCUT2D eigenvalue weighted by Crippen LogP contribution is -2.35. The SMILES string of the molecule is CC1(C)CCC(C)(C)CC1.CC1(C)CCCC(C)(C)C1.CC1(C)CCCCC1(C)C.CC1CC(C)CC(C)(C)C1.CC1CCC(C)(C)C(C)C1.CC1CCC(C)(C)CC1C.CC1CCC(C)C(C)(C)C1.CC1CCCC(C)(C)C1C.CC1CCCC(C)C1(C)C. The highest BCUT2D eigenvalue weighted by Gasteiger charge is 2.40. The van der Waals surface area contributed by atoms with Crippen molar-refractivity contribution in [1.82, 2.24) is 0 Å². The molecule has 0 bridgehead atoms. The number of hydrogen-bond donors (Lipinski definition) is 0. The first kappa shape index (κ1) is 88.0. The van der Waals surface area contributed by atoms with Crippen molar-refractivity contribution in [3.05, 3.63) is 0 Å². The number of hydrogen-bond acceptors (Lipinski definition) is 0. The van der Waals surface area contributed by atoms with Gasteiger partial charge in [-0.3, -0.25) is 0 Å². The van der Waals surface area contributed by atoms with Crippen molar-refractivity contribution in [3.8, 4) is 0 Å². The van der Waals surface area contributed by atoms with Crippen molar-refractivity contribution in [2.45, 2.75) is 442 Å². The molecule has 0 heterocycles. The summed E-state index contributed by atoms with van der Waals surface area (Å²) in [6.07, 6.45) is 42.9. The summed E-state index contributed by atoms with van der Waals surface area (Å²) in [5, 5.41) is 0. The largest absolute Gasteiger partial charge is 0.0625 e. The average molecular weight is 1260 g/mol. The summed E-state index contributed by atoms with van der Waals surface area (Å²) in [4.78, 5) is 0. The number of rotatable bonds is 0. The lowest BCUT2D eigenvalue weighted by molar-refractivity contribution is 0.0520. The second-order valence-electron chi connectivity index (χ2n) is 44.3. The van der Waals surface area contributed by atoms with E-state index in [1.54, 1.807) is 0 Å². The van der Waals surface area contributed by atoms with E-state index < -0.39 is 0 Å². The van der Waals surface area contributed by atoms with Crippen LogP contribution in [0.25, 0.3) is 0 Å². The van der Waals surface area contributed by atoms with Crippen LogP contribution in [0, 0.1) is 136 Å². The topological polar surface area (TPSA) is 0 Å². The van der Waals surface area contributed by atoms with Crippen LogP contribution in [0.4, 0.5) is 0 Å². The molecule has 0 saturated heterocycles. The van der Waals surface area contributed by atoms with Crippen molar-refractivity contribution in [1.29, 1.82) is 0 Å². The van der Waals surface area contributed by atoms with E-state index in [2.05, 4.69) is 249 Å². The molecule has 0 aromatic carbocycles. The highest BCUT2D eigenvalue weighted by Crippen LogP contribution is 2.51. The molecule has 0 heteroatoms. The van der Waals surface area contributed by atoms with Crippen molar-refractivity contribution in [2.24, 2.45) is 136 Å². The van der Waals surface area contributed by atoms with E-state index >= 15 is 0 Å². The lowest BCUT2D eigenvalue weighted by atomic mass is 9.60. The van der Waals surface area contributed by atoms with Crippen LogP contribution in [-0.4, -0.2) is 0 Å². The van der Waals surface area contributed by atoms with Gasteiger partial charge in [-0.1, -0.05) is 313 Å². The van der Waals surface area contributed by atoms with Crippen LogP contribution >= 0.6 is 0 Å². The predicted molar refractivity (Wildman–Crippen MR) is 414 cm³/mol. The molecule has 12 atom stereocenters. The summed E-state index contributed by atoms with van der Waals surface area (Å²) >= 11 is 0. The minimum Gasteiger partial charge on any atom is -0.0625 e. The zero-order valence-corrected chi connectivity index (χ0v) is 70.1. The summed E-state index contributed by atoms with van der Waals surface area (Å²) in [7, 11) is 0. The maximum Gasteiger partial charge on any atom is -0.0303 e. The maximum absolute atomic E-state index is 2.42. The van der Waals surface area contributed by atoms with Crippen LogP contribution in [-0.2, 0) is 0 Å². The van der Waals surface area contributed by atoms with Gasteiger partial charge in [-0.2, -0.15) is 0 Å². The zero-order chi connectivity index (χ0) is 70.1. The van der Waals surface area contributed by atoms with Crippen molar-refractivity contribution in [2.75, 3.05) is 0 Å². The smallest absolute Gasteiger partial charge is 0.0303 e. The van der Waals surface area contributed by atoms with Gasteiger partial charge < -0.3 is 0 Å². The Morgan fingerprint density at radius 2 is 0.678 bits per heavy atom. The first-order valence-corrected chi connectivity index (χ1v) is 40.4. The molecule has 9 aliphatic carbocycles. The third kappa shape index (κ3) is 33.0. The first-order valence-electron chi connectivity index (χ1n) is 40.4. The minimum absolute atomic E-state index is 0.575. The predicted octanol–water partition coefficient (Wildman–Crippen LogP) is 31.7. The Balaban J connectivity index is 0.000000506. The Labute approximate surface area is 574 Å². The van der Waals surface area contributed by atoms with Crippen molar-refractivity contribution >= 4 is 0 Å². The quantitative estimate of drug-likeness (QED) is 0.227. The molecule has 0 aromatic heterocycles. The zero-order valence-electron chi connectivity index (χ0n) is 70.1. The van der Waals surface area contributed by atoms with Crippen LogP contribution in [0.1, 0.15) is 442 Å². The van der Waals surface area contributed by atoms with E-state index in [0.717, 1.165) is 71.0 Å². The van der Waals surface area contributed by atoms with E-state index in [0.29, 0.717) is 65.0 Å². The van der Waals surface area contributed by atoms with Gasteiger partial charge >= 0.3 is 0 Å². The molecule has 540 valence electrons.